The third kappa shape index (κ3) is 4.88. The number of guanidine groups is 1. The molecule has 4 N–H and O–H groups in total. The zero-order valence-corrected chi connectivity index (χ0v) is 21.1. The van der Waals surface area contributed by atoms with E-state index in [-0.39, 0.29) is 24.4 Å². The first kappa shape index (κ1) is 24.1. The van der Waals surface area contributed by atoms with Crippen LogP contribution in [0.4, 0.5) is 5.69 Å². The molecule has 0 unspecified atom stereocenters. The number of aryl methyl sites for hydroxylation is 1. The van der Waals surface area contributed by atoms with E-state index in [4.69, 9.17) is 21.3 Å². The Hall–Kier alpha value is -3.59. The van der Waals surface area contributed by atoms with Crippen LogP contribution < -0.4 is 14.8 Å². The van der Waals surface area contributed by atoms with Crippen molar-refractivity contribution in [1.29, 1.82) is 10.8 Å². The highest BCUT2D eigenvalue weighted by Gasteiger charge is 2.30. The molecule has 188 valence electrons. The maximum atomic E-state index is 13.1. The third-order valence-corrected chi connectivity index (χ3v) is 8.75. The first-order chi connectivity index (χ1) is 17.2. The predicted octanol–water partition coefficient (Wildman–Crippen LogP) is 3.86. The van der Waals surface area contributed by atoms with Crippen molar-refractivity contribution in [3.63, 3.8) is 0 Å². The maximum Gasteiger partial charge on any atom is 0.235 e. The predicted molar refractivity (Wildman–Crippen MR) is 144 cm³/mol. The highest BCUT2D eigenvalue weighted by molar-refractivity contribution is 7.92. The summed E-state index contributed by atoms with van der Waals surface area (Å²) in [5.74, 6) is 0.903. The highest BCUT2D eigenvalue weighted by Crippen LogP contribution is 2.35. The second-order valence-electron chi connectivity index (χ2n) is 9.57. The van der Waals surface area contributed by atoms with Crippen LogP contribution in [0.15, 0.2) is 54.6 Å². The summed E-state index contributed by atoms with van der Waals surface area (Å²) >= 11 is 0. The number of rotatable bonds is 5. The smallest absolute Gasteiger partial charge is 0.235 e. The van der Waals surface area contributed by atoms with Crippen molar-refractivity contribution in [2.24, 2.45) is 5.73 Å². The Morgan fingerprint density at radius 3 is 2.50 bits per heavy atom. The average molecular weight is 506 g/mol. The number of nitrogens with two attached hydrogens (primary N) is 1. The van der Waals surface area contributed by atoms with Gasteiger partial charge >= 0.3 is 0 Å². The number of hydrogen-bond donors (Lipinski definition) is 3. The van der Waals surface area contributed by atoms with E-state index in [0.29, 0.717) is 30.9 Å². The van der Waals surface area contributed by atoms with Crippen LogP contribution in [-0.2, 0) is 23.0 Å². The minimum absolute atomic E-state index is 0.0502. The molecule has 2 aliphatic heterocycles. The van der Waals surface area contributed by atoms with Gasteiger partial charge in [-0.15, -0.1) is 0 Å². The molecule has 2 heterocycles. The number of likely N-dealkylation sites (tertiary alicyclic amines) is 1. The summed E-state index contributed by atoms with van der Waals surface area (Å²) in [4.78, 5) is 1.84. The summed E-state index contributed by atoms with van der Waals surface area (Å²) in [7, 11) is -3.44. The standard InChI is InChI=1S/C27H31N5O3S/c1-18(28)21-5-4-20-3-2-19(14-23(20)15-21)17-32-26-7-6-25(16-22(26)10-13-36(32,33)34)35-24-8-11-31(12-9-24)27(29)30/h2-7,14-16,24,28H,8-13,17H2,1H3,(H3,29,30). The molecular weight excluding hydrogens is 474 g/mol. The molecule has 5 rings (SSSR count). The van der Waals surface area contributed by atoms with Crippen molar-refractivity contribution in [3.05, 3.63) is 71.3 Å². The van der Waals surface area contributed by atoms with Crippen molar-refractivity contribution in [1.82, 2.24) is 4.90 Å². The van der Waals surface area contributed by atoms with Gasteiger partial charge in [0, 0.05) is 31.6 Å². The molecule has 0 radical (unpaired) electrons. The van der Waals surface area contributed by atoms with Gasteiger partial charge in [-0.1, -0.05) is 24.3 Å². The van der Waals surface area contributed by atoms with E-state index >= 15 is 0 Å². The molecular formula is C27H31N5O3S. The van der Waals surface area contributed by atoms with E-state index in [9.17, 15) is 8.42 Å². The first-order valence-corrected chi connectivity index (χ1v) is 13.8. The van der Waals surface area contributed by atoms with Crippen LogP contribution in [0.2, 0.25) is 0 Å². The molecule has 8 nitrogen and oxygen atoms in total. The topological polar surface area (TPSA) is 124 Å². The van der Waals surface area contributed by atoms with Crippen molar-refractivity contribution in [2.75, 3.05) is 23.1 Å². The van der Waals surface area contributed by atoms with Gasteiger partial charge < -0.3 is 20.8 Å². The van der Waals surface area contributed by atoms with E-state index < -0.39 is 10.0 Å². The van der Waals surface area contributed by atoms with E-state index in [1.807, 2.05) is 59.5 Å². The Morgan fingerprint density at radius 2 is 1.78 bits per heavy atom. The number of hydrogen-bond acceptors (Lipinski definition) is 5. The normalized spacial score (nSPS) is 17.6. The molecule has 0 saturated carbocycles. The lowest BCUT2D eigenvalue weighted by atomic mass is 10.0. The number of nitrogens with one attached hydrogen (secondary N) is 2. The Bertz CT molecular complexity index is 1450. The minimum atomic E-state index is -3.44. The second-order valence-corrected chi connectivity index (χ2v) is 11.6. The van der Waals surface area contributed by atoms with Crippen LogP contribution in [0, 0.1) is 10.8 Å². The van der Waals surface area contributed by atoms with Crippen molar-refractivity contribution in [3.8, 4) is 5.75 Å². The lowest BCUT2D eigenvalue weighted by Crippen LogP contribution is -2.44. The van der Waals surface area contributed by atoms with Crippen LogP contribution in [0.25, 0.3) is 10.8 Å². The first-order valence-electron chi connectivity index (χ1n) is 12.2. The van der Waals surface area contributed by atoms with Crippen LogP contribution in [0.3, 0.4) is 0 Å². The molecule has 1 fully saturated rings. The van der Waals surface area contributed by atoms with Gasteiger partial charge in [0.1, 0.15) is 11.9 Å². The van der Waals surface area contributed by atoms with E-state index in [0.717, 1.165) is 46.1 Å². The Balaban J connectivity index is 1.37. The van der Waals surface area contributed by atoms with Gasteiger partial charge in [0.05, 0.1) is 18.0 Å². The largest absolute Gasteiger partial charge is 0.490 e. The average Bonchev–Trinajstić information content (AvgIpc) is 2.85. The molecule has 0 aliphatic carbocycles. The Kier molecular flexibility index (Phi) is 6.34. The lowest BCUT2D eigenvalue weighted by Gasteiger charge is -2.33. The summed E-state index contributed by atoms with van der Waals surface area (Å²) in [5, 5.41) is 17.5. The van der Waals surface area contributed by atoms with Gasteiger partial charge in [0.15, 0.2) is 5.96 Å². The molecule has 2 aliphatic rings. The molecule has 0 aromatic heterocycles. The Morgan fingerprint density at radius 1 is 1.03 bits per heavy atom. The number of nitrogens with zero attached hydrogens (tertiary/aromatic N) is 2. The van der Waals surface area contributed by atoms with Gasteiger partial charge in [0.2, 0.25) is 10.0 Å². The van der Waals surface area contributed by atoms with E-state index in [2.05, 4.69) is 0 Å². The molecule has 0 spiro atoms. The molecule has 9 heteroatoms. The van der Waals surface area contributed by atoms with Crippen molar-refractivity contribution < 1.29 is 13.2 Å². The van der Waals surface area contributed by atoms with Crippen LogP contribution in [0.5, 0.6) is 5.75 Å². The number of piperidine rings is 1. The molecule has 3 aromatic rings. The second kappa shape index (κ2) is 9.46. The molecule has 0 atom stereocenters. The van der Waals surface area contributed by atoms with Gasteiger partial charge in [-0.2, -0.15) is 0 Å². The molecule has 0 bridgehead atoms. The van der Waals surface area contributed by atoms with Crippen molar-refractivity contribution >= 4 is 38.2 Å². The summed E-state index contributed by atoms with van der Waals surface area (Å²) in [6, 6.07) is 17.5. The van der Waals surface area contributed by atoms with Crippen LogP contribution in [0.1, 0.15) is 36.5 Å². The number of sulfonamides is 1. The molecule has 36 heavy (non-hydrogen) atoms. The fraction of sp³-hybridized carbons (Fsp3) is 0.333. The SMILES string of the molecule is CC(=N)c1ccc2ccc(CN3c4ccc(OC5CCN(C(=N)N)CC5)cc4CCS3(=O)=O)cc2c1. The summed E-state index contributed by atoms with van der Waals surface area (Å²) in [5.41, 5.74) is 9.50. The summed E-state index contributed by atoms with van der Waals surface area (Å²) in [6.45, 7) is 3.41. The van der Waals surface area contributed by atoms with Gasteiger partial charge in [-0.05, 0) is 71.1 Å². The third-order valence-electron chi connectivity index (χ3n) is 7.03. The van der Waals surface area contributed by atoms with Crippen LogP contribution in [-0.4, -0.2) is 49.9 Å². The van der Waals surface area contributed by atoms with Gasteiger partial charge in [-0.3, -0.25) is 9.71 Å². The molecule has 1 saturated heterocycles. The van der Waals surface area contributed by atoms with E-state index in [1.54, 1.807) is 6.92 Å². The molecule has 3 aromatic carbocycles. The molecule has 0 amide bonds. The fourth-order valence-corrected chi connectivity index (χ4v) is 6.48. The zero-order chi connectivity index (χ0) is 25.4. The minimum Gasteiger partial charge on any atom is -0.490 e. The highest BCUT2D eigenvalue weighted by atomic mass is 32.2. The maximum absolute atomic E-state index is 13.1. The van der Waals surface area contributed by atoms with Gasteiger partial charge in [0.25, 0.3) is 0 Å². The number of benzene rings is 3. The summed E-state index contributed by atoms with van der Waals surface area (Å²) in [6.07, 6.45) is 2.08. The van der Waals surface area contributed by atoms with Crippen molar-refractivity contribution in [2.45, 2.75) is 38.8 Å². The lowest BCUT2D eigenvalue weighted by molar-refractivity contribution is 0.130. The monoisotopic (exact) mass is 505 g/mol. The van der Waals surface area contributed by atoms with E-state index in [1.165, 1.54) is 4.31 Å². The van der Waals surface area contributed by atoms with Gasteiger partial charge in [-0.25, -0.2) is 8.42 Å². The number of ether oxygens (including phenoxy) is 1. The summed E-state index contributed by atoms with van der Waals surface area (Å²) < 4.78 is 33.9. The van der Waals surface area contributed by atoms with Crippen LogP contribution >= 0.6 is 0 Å². The number of anilines is 1. The quantitative estimate of drug-likeness (QED) is 0.359. The fourth-order valence-electron chi connectivity index (χ4n) is 4.96. The Labute approximate surface area is 211 Å². The number of fused-ring (bicyclic) bond motifs is 2. The zero-order valence-electron chi connectivity index (χ0n) is 20.3.